The van der Waals surface area contributed by atoms with Gasteiger partial charge in [0.2, 0.25) is 0 Å². The summed E-state index contributed by atoms with van der Waals surface area (Å²) in [5.74, 6) is 0.873. The summed E-state index contributed by atoms with van der Waals surface area (Å²) in [6.07, 6.45) is 3.38. The fraction of sp³-hybridized carbons (Fsp3) is 0.364. The van der Waals surface area contributed by atoms with E-state index in [1.807, 2.05) is 24.0 Å². The molecule has 0 aromatic carbocycles. The lowest BCUT2D eigenvalue weighted by Crippen LogP contribution is -2.27. The van der Waals surface area contributed by atoms with Crippen LogP contribution in [0.2, 0.25) is 0 Å². The first-order chi connectivity index (χ1) is 7.36. The van der Waals surface area contributed by atoms with Crippen LogP contribution in [0.3, 0.4) is 0 Å². The van der Waals surface area contributed by atoms with E-state index < -0.39 is 0 Å². The van der Waals surface area contributed by atoms with Gasteiger partial charge in [-0.1, -0.05) is 0 Å². The SMILES string of the molecule is CCN(CCO)c1nccc2occc12. The maximum absolute atomic E-state index is 8.96. The van der Waals surface area contributed by atoms with Crippen molar-refractivity contribution in [2.24, 2.45) is 0 Å². The van der Waals surface area contributed by atoms with Crippen molar-refractivity contribution in [1.29, 1.82) is 0 Å². The summed E-state index contributed by atoms with van der Waals surface area (Å²) in [6.45, 7) is 3.58. The monoisotopic (exact) mass is 206 g/mol. The fourth-order valence-electron chi connectivity index (χ4n) is 1.67. The van der Waals surface area contributed by atoms with Gasteiger partial charge in [-0.2, -0.15) is 0 Å². The Morgan fingerprint density at radius 2 is 2.33 bits per heavy atom. The van der Waals surface area contributed by atoms with E-state index in [4.69, 9.17) is 9.52 Å². The number of pyridine rings is 1. The first-order valence-electron chi connectivity index (χ1n) is 5.05. The number of likely N-dealkylation sites (N-methyl/N-ethyl adjacent to an activating group) is 1. The Bertz CT molecular complexity index is 439. The topological polar surface area (TPSA) is 49.5 Å². The van der Waals surface area contributed by atoms with Gasteiger partial charge in [0.05, 0.1) is 18.3 Å². The Labute approximate surface area is 88.1 Å². The largest absolute Gasteiger partial charge is 0.464 e. The van der Waals surface area contributed by atoms with E-state index in [2.05, 4.69) is 4.98 Å². The molecule has 0 aliphatic heterocycles. The van der Waals surface area contributed by atoms with Crippen molar-refractivity contribution in [3.63, 3.8) is 0 Å². The van der Waals surface area contributed by atoms with Crippen LogP contribution >= 0.6 is 0 Å². The highest BCUT2D eigenvalue weighted by Gasteiger charge is 2.10. The fourth-order valence-corrected chi connectivity index (χ4v) is 1.67. The summed E-state index contributed by atoms with van der Waals surface area (Å²) < 4.78 is 5.30. The van der Waals surface area contributed by atoms with Crippen LogP contribution in [-0.4, -0.2) is 29.8 Å². The molecule has 2 aromatic rings. The third-order valence-electron chi connectivity index (χ3n) is 2.41. The summed E-state index contributed by atoms with van der Waals surface area (Å²) in [6, 6.07) is 3.74. The van der Waals surface area contributed by atoms with E-state index >= 15 is 0 Å². The molecule has 4 nitrogen and oxygen atoms in total. The summed E-state index contributed by atoms with van der Waals surface area (Å²) >= 11 is 0. The van der Waals surface area contributed by atoms with Gasteiger partial charge in [0.25, 0.3) is 0 Å². The standard InChI is InChI=1S/C11H14N2O2/c1-2-13(6-7-14)11-9-4-8-15-10(9)3-5-12-11/h3-5,8,14H,2,6-7H2,1H3. The highest BCUT2D eigenvalue weighted by atomic mass is 16.3. The smallest absolute Gasteiger partial charge is 0.139 e. The molecular formula is C11H14N2O2. The number of fused-ring (bicyclic) bond motifs is 1. The molecule has 2 aromatic heterocycles. The number of furan rings is 1. The molecule has 0 spiro atoms. The number of hydrogen-bond acceptors (Lipinski definition) is 4. The van der Waals surface area contributed by atoms with Crippen molar-refractivity contribution in [2.45, 2.75) is 6.92 Å². The minimum Gasteiger partial charge on any atom is -0.464 e. The molecule has 0 aliphatic carbocycles. The number of aromatic nitrogens is 1. The second-order valence-electron chi connectivity index (χ2n) is 3.27. The Morgan fingerprint density at radius 1 is 1.47 bits per heavy atom. The van der Waals surface area contributed by atoms with Crippen LogP contribution in [0.25, 0.3) is 11.0 Å². The Kier molecular flexibility index (Phi) is 2.87. The number of anilines is 1. The van der Waals surface area contributed by atoms with Gasteiger partial charge in [0.15, 0.2) is 0 Å². The van der Waals surface area contributed by atoms with E-state index in [9.17, 15) is 0 Å². The Hall–Kier alpha value is -1.55. The van der Waals surface area contributed by atoms with Gasteiger partial charge in [-0.25, -0.2) is 4.98 Å². The molecule has 0 amide bonds. The summed E-state index contributed by atoms with van der Waals surface area (Å²) in [5, 5.41) is 9.95. The minimum absolute atomic E-state index is 0.129. The summed E-state index contributed by atoms with van der Waals surface area (Å²) in [5.41, 5.74) is 0.830. The van der Waals surface area contributed by atoms with Crippen LogP contribution < -0.4 is 4.90 Å². The Morgan fingerprint density at radius 3 is 3.07 bits per heavy atom. The van der Waals surface area contributed by atoms with E-state index in [-0.39, 0.29) is 6.61 Å². The normalized spacial score (nSPS) is 10.8. The quantitative estimate of drug-likeness (QED) is 0.826. The van der Waals surface area contributed by atoms with Crippen LogP contribution in [0, 0.1) is 0 Å². The van der Waals surface area contributed by atoms with Crippen molar-refractivity contribution in [1.82, 2.24) is 4.98 Å². The van der Waals surface area contributed by atoms with Crippen molar-refractivity contribution < 1.29 is 9.52 Å². The Balaban J connectivity index is 2.44. The predicted molar refractivity (Wildman–Crippen MR) is 59.0 cm³/mol. The highest BCUT2D eigenvalue weighted by Crippen LogP contribution is 2.24. The summed E-state index contributed by atoms with van der Waals surface area (Å²) in [7, 11) is 0. The van der Waals surface area contributed by atoms with Crippen molar-refractivity contribution in [3.05, 3.63) is 24.6 Å². The molecule has 0 bridgehead atoms. The van der Waals surface area contributed by atoms with Gasteiger partial charge in [-0.3, -0.25) is 0 Å². The first-order valence-corrected chi connectivity index (χ1v) is 5.05. The van der Waals surface area contributed by atoms with Crippen LogP contribution in [0.1, 0.15) is 6.92 Å². The van der Waals surface area contributed by atoms with Crippen LogP contribution in [0.4, 0.5) is 5.82 Å². The zero-order valence-electron chi connectivity index (χ0n) is 8.68. The number of nitrogens with zero attached hydrogens (tertiary/aromatic N) is 2. The van der Waals surface area contributed by atoms with Crippen LogP contribution in [-0.2, 0) is 0 Å². The number of rotatable bonds is 4. The van der Waals surface area contributed by atoms with E-state index in [1.165, 1.54) is 0 Å². The van der Waals surface area contributed by atoms with E-state index in [1.54, 1.807) is 12.5 Å². The molecule has 0 saturated heterocycles. The molecule has 0 atom stereocenters. The zero-order valence-corrected chi connectivity index (χ0v) is 8.68. The van der Waals surface area contributed by atoms with E-state index in [0.717, 1.165) is 23.3 Å². The average molecular weight is 206 g/mol. The number of hydrogen-bond donors (Lipinski definition) is 1. The molecule has 2 rings (SSSR count). The maximum Gasteiger partial charge on any atom is 0.139 e. The molecule has 0 saturated carbocycles. The van der Waals surface area contributed by atoms with Crippen molar-refractivity contribution in [2.75, 3.05) is 24.6 Å². The third-order valence-corrected chi connectivity index (χ3v) is 2.41. The van der Waals surface area contributed by atoms with Gasteiger partial charge < -0.3 is 14.4 Å². The second-order valence-corrected chi connectivity index (χ2v) is 3.27. The lowest BCUT2D eigenvalue weighted by molar-refractivity contribution is 0.302. The average Bonchev–Trinajstić information content (AvgIpc) is 2.73. The van der Waals surface area contributed by atoms with Gasteiger partial charge in [0.1, 0.15) is 11.4 Å². The molecule has 1 N–H and O–H groups in total. The first kappa shape index (κ1) is 9.98. The maximum atomic E-state index is 8.96. The predicted octanol–water partition coefficient (Wildman–Crippen LogP) is 1.65. The van der Waals surface area contributed by atoms with Gasteiger partial charge in [0, 0.05) is 19.3 Å². The number of aliphatic hydroxyl groups excluding tert-OH is 1. The molecule has 0 aliphatic rings. The third kappa shape index (κ3) is 1.80. The van der Waals surface area contributed by atoms with Crippen molar-refractivity contribution in [3.8, 4) is 0 Å². The second kappa shape index (κ2) is 4.31. The van der Waals surface area contributed by atoms with Crippen molar-refractivity contribution >= 4 is 16.8 Å². The van der Waals surface area contributed by atoms with Crippen LogP contribution in [0.15, 0.2) is 29.0 Å². The molecule has 0 fully saturated rings. The lowest BCUT2D eigenvalue weighted by atomic mass is 10.3. The molecule has 2 heterocycles. The molecule has 4 heteroatoms. The minimum atomic E-state index is 0.129. The van der Waals surface area contributed by atoms with E-state index in [0.29, 0.717) is 6.54 Å². The molecule has 0 unspecified atom stereocenters. The van der Waals surface area contributed by atoms with Gasteiger partial charge >= 0.3 is 0 Å². The highest BCUT2D eigenvalue weighted by molar-refractivity contribution is 5.88. The summed E-state index contributed by atoms with van der Waals surface area (Å²) in [4.78, 5) is 6.35. The van der Waals surface area contributed by atoms with Gasteiger partial charge in [-0.15, -0.1) is 0 Å². The zero-order chi connectivity index (χ0) is 10.7. The molecule has 15 heavy (non-hydrogen) atoms. The lowest BCUT2D eigenvalue weighted by Gasteiger charge is -2.20. The van der Waals surface area contributed by atoms with Crippen LogP contribution in [0.5, 0.6) is 0 Å². The molecule has 80 valence electrons. The molecule has 0 radical (unpaired) electrons. The molecular weight excluding hydrogens is 192 g/mol. The van der Waals surface area contributed by atoms with Gasteiger partial charge in [-0.05, 0) is 19.1 Å². The number of aliphatic hydroxyl groups is 1.